The molecule has 0 spiro atoms. The Balaban J connectivity index is 2.25. The van der Waals surface area contributed by atoms with E-state index in [1.165, 1.54) is 6.42 Å². The molecular formula is C16H21BrClFO2. The molecule has 118 valence electrons. The molecule has 1 aromatic carbocycles. The van der Waals surface area contributed by atoms with Gasteiger partial charge in [0.1, 0.15) is 11.9 Å². The molecule has 2 nitrogen and oxygen atoms in total. The van der Waals surface area contributed by atoms with Crippen LogP contribution in [0.1, 0.15) is 50.7 Å². The van der Waals surface area contributed by atoms with Crippen molar-refractivity contribution in [3.63, 3.8) is 0 Å². The fraction of sp³-hybridized carbons (Fsp3) is 0.625. The van der Waals surface area contributed by atoms with Crippen molar-refractivity contribution in [3.05, 3.63) is 33.0 Å². The number of aliphatic hydroxyl groups excluding tert-OH is 1. The molecule has 1 N–H and O–H groups in total. The molecule has 2 rings (SSSR count). The van der Waals surface area contributed by atoms with Crippen molar-refractivity contribution in [2.45, 2.75) is 51.2 Å². The zero-order chi connectivity index (χ0) is 15.4. The Morgan fingerprint density at radius 3 is 2.67 bits per heavy atom. The first-order chi connectivity index (χ1) is 10.1. The van der Waals surface area contributed by atoms with Crippen LogP contribution in [0.2, 0.25) is 5.02 Å². The van der Waals surface area contributed by atoms with Gasteiger partial charge in [-0.15, -0.1) is 0 Å². The van der Waals surface area contributed by atoms with Gasteiger partial charge in [0.05, 0.1) is 11.1 Å². The first kappa shape index (κ1) is 17.2. The van der Waals surface area contributed by atoms with E-state index in [0.717, 1.165) is 25.7 Å². The lowest BCUT2D eigenvalue weighted by atomic mass is 9.82. The zero-order valence-corrected chi connectivity index (χ0v) is 14.5. The average molecular weight is 380 g/mol. The molecule has 2 unspecified atom stereocenters. The van der Waals surface area contributed by atoms with E-state index in [1.54, 1.807) is 12.1 Å². The number of halogens is 3. The summed E-state index contributed by atoms with van der Waals surface area (Å²) >= 11 is 9.11. The summed E-state index contributed by atoms with van der Waals surface area (Å²) in [6.07, 6.45) is 4.20. The van der Waals surface area contributed by atoms with Crippen LogP contribution in [0.4, 0.5) is 4.39 Å². The van der Waals surface area contributed by atoms with Gasteiger partial charge >= 0.3 is 0 Å². The van der Waals surface area contributed by atoms with E-state index in [0.29, 0.717) is 11.1 Å². The highest BCUT2D eigenvalue weighted by Gasteiger charge is 2.33. The standard InChI is InChI=1S/C16H21BrClFO2/c1-2-21-16(10-6-4-3-5-7-10)15(20)11-8-9-12(17)13(18)14(11)19/h8-10,15-16,20H,2-7H2,1H3. The van der Waals surface area contributed by atoms with Gasteiger partial charge in [0.2, 0.25) is 0 Å². The third-order valence-corrected chi connectivity index (χ3v) is 5.43. The van der Waals surface area contributed by atoms with Crippen LogP contribution in [0.25, 0.3) is 0 Å². The third-order valence-electron chi connectivity index (χ3n) is 4.17. The predicted octanol–water partition coefficient (Wildman–Crippen LogP) is 5.26. The Labute approximate surface area is 138 Å². The summed E-state index contributed by atoms with van der Waals surface area (Å²) in [7, 11) is 0. The number of rotatable bonds is 5. The largest absolute Gasteiger partial charge is 0.386 e. The maximum atomic E-state index is 14.3. The summed E-state index contributed by atoms with van der Waals surface area (Å²) in [5.74, 6) is -0.297. The highest BCUT2D eigenvalue weighted by atomic mass is 79.9. The van der Waals surface area contributed by atoms with Crippen molar-refractivity contribution in [3.8, 4) is 0 Å². The van der Waals surface area contributed by atoms with Crippen molar-refractivity contribution in [2.75, 3.05) is 6.61 Å². The highest BCUT2D eigenvalue weighted by Crippen LogP contribution is 2.37. The topological polar surface area (TPSA) is 29.5 Å². The molecule has 0 saturated heterocycles. The molecule has 1 aliphatic rings. The number of hydrogen-bond donors (Lipinski definition) is 1. The van der Waals surface area contributed by atoms with Crippen LogP contribution in [0.3, 0.4) is 0 Å². The fourth-order valence-corrected chi connectivity index (χ4v) is 3.56. The van der Waals surface area contributed by atoms with Crippen LogP contribution in [-0.2, 0) is 4.74 Å². The highest BCUT2D eigenvalue weighted by molar-refractivity contribution is 9.10. The second-order valence-electron chi connectivity index (χ2n) is 5.53. The van der Waals surface area contributed by atoms with Gasteiger partial charge in [0.25, 0.3) is 0 Å². The first-order valence-corrected chi connectivity index (χ1v) is 8.66. The van der Waals surface area contributed by atoms with Crippen LogP contribution in [0.5, 0.6) is 0 Å². The lowest BCUT2D eigenvalue weighted by Crippen LogP contribution is -2.32. The Kier molecular flexibility index (Phi) is 6.48. The molecule has 1 aromatic rings. The smallest absolute Gasteiger partial charge is 0.148 e. The summed E-state index contributed by atoms with van der Waals surface area (Å²) < 4.78 is 20.5. The SMILES string of the molecule is CCOC(C1CCCCC1)C(O)c1ccc(Br)c(Cl)c1F. The van der Waals surface area contributed by atoms with Gasteiger partial charge in [-0.2, -0.15) is 0 Å². The maximum absolute atomic E-state index is 14.3. The van der Waals surface area contributed by atoms with Crippen LogP contribution in [0, 0.1) is 11.7 Å². The molecule has 1 aliphatic carbocycles. The quantitative estimate of drug-likeness (QED) is 0.707. The molecule has 0 heterocycles. The summed E-state index contributed by atoms with van der Waals surface area (Å²) in [6.45, 7) is 2.40. The van der Waals surface area contributed by atoms with Gasteiger partial charge in [-0.3, -0.25) is 0 Å². The number of aliphatic hydroxyl groups is 1. The zero-order valence-electron chi connectivity index (χ0n) is 12.1. The van der Waals surface area contributed by atoms with Gasteiger partial charge in [0, 0.05) is 16.6 Å². The minimum atomic E-state index is -0.987. The molecule has 2 atom stereocenters. The molecule has 0 radical (unpaired) electrons. The molecule has 0 aliphatic heterocycles. The Bertz CT molecular complexity index is 478. The van der Waals surface area contributed by atoms with Gasteiger partial charge in [-0.25, -0.2) is 4.39 Å². The van der Waals surface area contributed by atoms with Crippen molar-refractivity contribution in [1.82, 2.24) is 0 Å². The lowest BCUT2D eigenvalue weighted by Gasteiger charge is -2.33. The average Bonchev–Trinajstić information content (AvgIpc) is 2.51. The summed E-state index contributed by atoms with van der Waals surface area (Å²) in [5.41, 5.74) is 0.215. The third kappa shape index (κ3) is 3.98. The summed E-state index contributed by atoms with van der Waals surface area (Å²) in [4.78, 5) is 0. The van der Waals surface area contributed by atoms with E-state index in [4.69, 9.17) is 16.3 Å². The van der Waals surface area contributed by atoms with Crippen LogP contribution < -0.4 is 0 Å². The number of hydrogen-bond acceptors (Lipinski definition) is 2. The van der Waals surface area contributed by atoms with Crippen molar-refractivity contribution >= 4 is 27.5 Å². The first-order valence-electron chi connectivity index (χ1n) is 7.49. The van der Waals surface area contributed by atoms with E-state index in [-0.39, 0.29) is 22.6 Å². The second kappa shape index (κ2) is 7.91. The van der Waals surface area contributed by atoms with Gasteiger partial charge in [-0.1, -0.05) is 36.9 Å². The molecule has 0 amide bonds. The Hall–Kier alpha value is -0.160. The van der Waals surface area contributed by atoms with Crippen LogP contribution in [-0.4, -0.2) is 17.8 Å². The molecule has 5 heteroatoms. The monoisotopic (exact) mass is 378 g/mol. The second-order valence-corrected chi connectivity index (χ2v) is 6.76. The van der Waals surface area contributed by atoms with Crippen molar-refractivity contribution in [2.24, 2.45) is 5.92 Å². The van der Waals surface area contributed by atoms with Gasteiger partial charge < -0.3 is 9.84 Å². The molecule has 21 heavy (non-hydrogen) atoms. The summed E-state index contributed by atoms with van der Waals surface area (Å²) in [5, 5.41) is 10.6. The fourth-order valence-electron chi connectivity index (χ4n) is 3.09. The minimum Gasteiger partial charge on any atom is -0.386 e. The molecular weight excluding hydrogens is 359 g/mol. The lowest BCUT2D eigenvalue weighted by molar-refractivity contribution is -0.0750. The van der Waals surface area contributed by atoms with Crippen LogP contribution >= 0.6 is 27.5 Å². The molecule has 0 bridgehead atoms. The predicted molar refractivity (Wildman–Crippen MR) is 86.1 cm³/mol. The summed E-state index contributed by atoms with van der Waals surface area (Å²) in [6, 6.07) is 3.23. The van der Waals surface area contributed by atoms with E-state index >= 15 is 0 Å². The molecule has 1 fully saturated rings. The number of benzene rings is 1. The maximum Gasteiger partial charge on any atom is 0.148 e. The van der Waals surface area contributed by atoms with Crippen molar-refractivity contribution in [1.29, 1.82) is 0 Å². The van der Waals surface area contributed by atoms with Crippen molar-refractivity contribution < 1.29 is 14.2 Å². The minimum absolute atomic E-state index is 0.00504. The van der Waals surface area contributed by atoms with E-state index in [1.807, 2.05) is 6.92 Å². The Morgan fingerprint density at radius 2 is 2.05 bits per heavy atom. The Morgan fingerprint density at radius 1 is 1.38 bits per heavy atom. The number of ether oxygens (including phenoxy) is 1. The van der Waals surface area contributed by atoms with E-state index in [2.05, 4.69) is 15.9 Å². The van der Waals surface area contributed by atoms with E-state index < -0.39 is 11.9 Å². The van der Waals surface area contributed by atoms with Gasteiger partial charge in [-0.05, 0) is 47.7 Å². The van der Waals surface area contributed by atoms with E-state index in [9.17, 15) is 9.50 Å². The molecule has 0 aromatic heterocycles. The normalized spacial score (nSPS) is 19.5. The van der Waals surface area contributed by atoms with Crippen LogP contribution in [0.15, 0.2) is 16.6 Å². The molecule has 1 saturated carbocycles. The van der Waals surface area contributed by atoms with Gasteiger partial charge in [0.15, 0.2) is 0 Å².